The largest absolute Gasteiger partial charge is 0.336 e. The van der Waals surface area contributed by atoms with Gasteiger partial charge in [0, 0.05) is 22.6 Å². The number of allylic oxidation sites excluding steroid dienone is 2. The van der Waals surface area contributed by atoms with E-state index < -0.39 is 0 Å². The van der Waals surface area contributed by atoms with Crippen LogP contribution in [0.5, 0.6) is 0 Å². The second kappa shape index (κ2) is 5.36. The molecule has 1 aliphatic heterocycles. The average Bonchev–Trinajstić information content (AvgIpc) is 2.84. The third-order valence-electron chi connectivity index (χ3n) is 3.62. The normalized spacial score (nSPS) is 20.2. The Morgan fingerprint density at radius 2 is 2.24 bits per heavy atom. The molecule has 1 aliphatic carbocycles. The van der Waals surface area contributed by atoms with Crippen molar-refractivity contribution in [2.24, 2.45) is 0 Å². The van der Waals surface area contributed by atoms with Crippen LogP contribution in [0, 0.1) is 0 Å². The lowest BCUT2D eigenvalue weighted by Crippen LogP contribution is -2.40. The summed E-state index contributed by atoms with van der Waals surface area (Å²) < 4.78 is 0.0269. The van der Waals surface area contributed by atoms with Gasteiger partial charge in [0.05, 0.1) is 17.1 Å². The molecule has 0 atom stereocenters. The number of hydrogen-bond acceptors (Lipinski definition) is 6. The van der Waals surface area contributed by atoms with Crippen LogP contribution in [0.3, 0.4) is 0 Å². The molecule has 5 nitrogen and oxygen atoms in total. The number of Topliss-reactive ketones (excluding diaryl/α,β-unsaturated/α-hetero) is 1. The molecule has 0 amide bonds. The van der Waals surface area contributed by atoms with Crippen molar-refractivity contribution in [3.8, 4) is 0 Å². The monoisotopic (exact) mass is 306 g/mol. The fraction of sp³-hybridized carbons (Fsp3) is 0.400. The second-order valence-electron chi connectivity index (χ2n) is 5.87. The summed E-state index contributed by atoms with van der Waals surface area (Å²) in [6, 6.07) is 5.71. The fourth-order valence-corrected chi connectivity index (χ4v) is 3.98. The van der Waals surface area contributed by atoms with E-state index in [4.69, 9.17) is 5.26 Å². The van der Waals surface area contributed by atoms with Gasteiger partial charge >= 0.3 is 0 Å². The minimum absolute atomic E-state index is 0.0269. The van der Waals surface area contributed by atoms with E-state index in [-0.39, 0.29) is 10.5 Å². The first kappa shape index (κ1) is 14.4. The average molecular weight is 306 g/mol. The van der Waals surface area contributed by atoms with E-state index in [1.807, 2.05) is 24.3 Å². The lowest BCUT2D eigenvalue weighted by molar-refractivity contribution is -0.215. The zero-order valence-electron chi connectivity index (χ0n) is 12.0. The molecule has 6 heteroatoms. The van der Waals surface area contributed by atoms with E-state index in [1.54, 1.807) is 11.8 Å². The molecule has 0 radical (unpaired) electrons. The van der Waals surface area contributed by atoms with Gasteiger partial charge in [-0.1, -0.05) is 6.08 Å². The molecule has 0 aromatic heterocycles. The minimum Gasteiger partial charge on any atom is -0.336 e. The third kappa shape index (κ3) is 2.79. The van der Waals surface area contributed by atoms with Crippen molar-refractivity contribution in [1.29, 1.82) is 0 Å². The summed E-state index contributed by atoms with van der Waals surface area (Å²) in [4.78, 5) is 19.3. The number of carbonyl (C=O) groups is 1. The lowest BCUT2D eigenvalue weighted by Gasteiger charge is -2.40. The van der Waals surface area contributed by atoms with Gasteiger partial charge in [0.2, 0.25) is 0 Å². The second-order valence-corrected chi connectivity index (χ2v) is 7.62. The molecule has 0 bridgehead atoms. The van der Waals surface area contributed by atoms with Gasteiger partial charge in [0.25, 0.3) is 0 Å². The minimum atomic E-state index is 0.0269. The van der Waals surface area contributed by atoms with Crippen LogP contribution in [0.4, 0.5) is 11.4 Å². The molecular formula is C15H18N2O3S. The highest BCUT2D eigenvalue weighted by atomic mass is 32.2. The molecule has 0 fully saturated rings. The highest BCUT2D eigenvalue weighted by Crippen LogP contribution is 2.47. The van der Waals surface area contributed by atoms with Crippen molar-refractivity contribution < 1.29 is 15.0 Å². The Hall–Kier alpha value is -1.50. The molecule has 21 heavy (non-hydrogen) atoms. The molecule has 2 aliphatic rings. The van der Waals surface area contributed by atoms with Crippen LogP contribution in [-0.4, -0.2) is 22.3 Å². The highest BCUT2D eigenvalue weighted by Gasteiger charge is 2.35. The molecule has 0 spiro atoms. The van der Waals surface area contributed by atoms with Crippen molar-refractivity contribution in [2.45, 2.75) is 36.3 Å². The summed E-state index contributed by atoms with van der Waals surface area (Å²) in [5.74, 6) is 0.195. The zero-order valence-corrected chi connectivity index (χ0v) is 12.9. The Kier molecular flexibility index (Phi) is 3.69. The summed E-state index contributed by atoms with van der Waals surface area (Å²) >= 11 is 1.79. The van der Waals surface area contributed by atoms with Crippen LogP contribution >= 0.6 is 11.8 Å². The number of rotatable bonds is 3. The fourth-order valence-electron chi connectivity index (χ4n) is 2.78. The quantitative estimate of drug-likeness (QED) is 0.659. The summed E-state index contributed by atoms with van der Waals surface area (Å²) in [7, 11) is 0. The number of thioether (sulfide) groups is 1. The highest BCUT2D eigenvalue weighted by molar-refractivity contribution is 8.00. The predicted octanol–water partition coefficient (Wildman–Crippen LogP) is 3.44. The van der Waals surface area contributed by atoms with Crippen LogP contribution < -0.4 is 10.4 Å². The van der Waals surface area contributed by atoms with E-state index in [9.17, 15) is 4.79 Å². The topological polar surface area (TPSA) is 61.8 Å². The molecular weight excluding hydrogens is 288 g/mol. The first-order valence-corrected chi connectivity index (χ1v) is 7.72. The van der Waals surface area contributed by atoms with Gasteiger partial charge < -0.3 is 4.90 Å². The first-order chi connectivity index (χ1) is 10.00. The lowest BCUT2D eigenvalue weighted by atomic mass is 10.1. The summed E-state index contributed by atoms with van der Waals surface area (Å²) in [6.07, 6.45) is 3.42. The Balaban J connectivity index is 2.04. The predicted molar refractivity (Wildman–Crippen MR) is 83.4 cm³/mol. The summed E-state index contributed by atoms with van der Waals surface area (Å²) in [6.45, 7) is 5.12. The maximum Gasteiger partial charge on any atom is 0.179 e. The number of nitrogens with zero attached hydrogens (tertiary/aromatic N) is 1. The van der Waals surface area contributed by atoms with Crippen molar-refractivity contribution in [2.75, 3.05) is 16.9 Å². The number of anilines is 2. The van der Waals surface area contributed by atoms with Crippen LogP contribution in [0.15, 0.2) is 34.9 Å². The van der Waals surface area contributed by atoms with Crippen LogP contribution in [-0.2, 0) is 9.78 Å². The Morgan fingerprint density at radius 1 is 1.43 bits per heavy atom. The van der Waals surface area contributed by atoms with E-state index in [2.05, 4.69) is 29.2 Å². The maximum atomic E-state index is 12.1. The van der Waals surface area contributed by atoms with Gasteiger partial charge in [0.1, 0.15) is 0 Å². The summed E-state index contributed by atoms with van der Waals surface area (Å²) in [5, 5.41) is 8.53. The number of ketones is 1. The van der Waals surface area contributed by atoms with Gasteiger partial charge in [-0.15, -0.1) is 16.8 Å². The molecule has 0 saturated heterocycles. The van der Waals surface area contributed by atoms with Crippen LogP contribution in [0.25, 0.3) is 0 Å². The van der Waals surface area contributed by atoms with Crippen molar-refractivity contribution in [3.05, 3.63) is 30.0 Å². The Bertz CT molecular complexity index is 613. The molecule has 1 aromatic carbocycles. The molecule has 2 N–H and O–H groups in total. The Labute approximate surface area is 127 Å². The van der Waals surface area contributed by atoms with E-state index in [0.29, 0.717) is 12.1 Å². The Morgan fingerprint density at radius 3 is 2.90 bits per heavy atom. The van der Waals surface area contributed by atoms with Gasteiger partial charge in [-0.05, 0) is 38.5 Å². The number of hydrogen-bond donors (Lipinski definition) is 2. The van der Waals surface area contributed by atoms with Crippen molar-refractivity contribution in [1.82, 2.24) is 0 Å². The van der Waals surface area contributed by atoms with Crippen molar-refractivity contribution >= 4 is 28.9 Å². The molecule has 3 rings (SSSR count). The van der Waals surface area contributed by atoms with Gasteiger partial charge in [-0.25, -0.2) is 10.7 Å². The third-order valence-corrected chi connectivity index (χ3v) is 4.87. The standard InChI is InChI=1S/C15H18N2O3S/c1-15(2)9-17(11-4-3-5-13(11)18)12-8-10(16-20-19)6-7-14(12)21-15/h4,6-8,16,19H,3,5,9H2,1-2H3. The number of nitrogens with one attached hydrogen (secondary N) is 1. The smallest absolute Gasteiger partial charge is 0.179 e. The van der Waals surface area contributed by atoms with E-state index in [0.717, 1.165) is 29.2 Å². The van der Waals surface area contributed by atoms with Crippen LogP contribution in [0.1, 0.15) is 26.7 Å². The maximum absolute atomic E-state index is 12.1. The molecule has 112 valence electrons. The first-order valence-electron chi connectivity index (χ1n) is 6.90. The van der Waals surface area contributed by atoms with Crippen LogP contribution in [0.2, 0.25) is 0 Å². The zero-order chi connectivity index (χ0) is 15.0. The molecule has 1 aromatic rings. The number of carbonyl (C=O) groups excluding carboxylic acids is 1. The number of fused-ring (bicyclic) bond motifs is 1. The molecule has 0 saturated carbocycles. The van der Waals surface area contributed by atoms with Gasteiger partial charge in [0.15, 0.2) is 5.78 Å². The van der Waals surface area contributed by atoms with E-state index >= 15 is 0 Å². The van der Waals surface area contributed by atoms with E-state index in [1.165, 1.54) is 0 Å². The summed E-state index contributed by atoms with van der Waals surface area (Å²) in [5.41, 5.74) is 4.82. The SMILES string of the molecule is CC1(C)CN(C2=CCCC2=O)c2cc(NOO)ccc2S1. The van der Waals surface area contributed by atoms with Gasteiger partial charge in [-0.2, -0.15) is 0 Å². The molecule has 1 heterocycles. The number of benzene rings is 1. The van der Waals surface area contributed by atoms with Gasteiger partial charge in [-0.3, -0.25) is 4.79 Å². The molecule has 0 unspecified atom stereocenters. The van der Waals surface area contributed by atoms with Crippen molar-refractivity contribution in [3.63, 3.8) is 0 Å².